The van der Waals surface area contributed by atoms with Gasteiger partial charge in [-0.25, -0.2) is 0 Å². The number of hydrogen-bond acceptors (Lipinski definition) is 2. The molecule has 0 heterocycles. The average Bonchev–Trinajstić information content (AvgIpc) is 2.39. The molecule has 20 heavy (non-hydrogen) atoms. The number of nitrogens with one attached hydrogen (secondary N) is 1. The third kappa shape index (κ3) is 4.97. The fourth-order valence-corrected chi connectivity index (χ4v) is 2.44. The Morgan fingerprint density at radius 2 is 1.95 bits per heavy atom. The first-order valence-electron chi connectivity index (χ1n) is 7.51. The molecule has 1 atom stereocenters. The van der Waals surface area contributed by atoms with Crippen molar-refractivity contribution in [3.8, 4) is 0 Å². The minimum absolute atomic E-state index is 0.0985. The molecule has 0 bridgehead atoms. The Hall–Kier alpha value is -1.35. The summed E-state index contributed by atoms with van der Waals surface area (Å²) >= 11 is 0. The van der Waals surface area contributed by atoms with Crippen molar-refractivity contribution in [1.82, 2.24) is 0 Å². The van der Waals surface area contributed by atoms with Crippen LogP contribution in [0.15, 0.2) is 18.2 Å². The fourth-order valence-electron chi connectivity index (χ4n) is 2.44. The molecule has 0 saturated heterocycles. The molecule has 0 spiro atoms. The number of benzene rings is 1. The van der Waals surface area contributed by atoms with Crippen molar-refractivity contribution in [2.24, 2.45) is 17.6 Å². The Labute approximate surface area is 122 Å². The second kappa shape index (κ2) is 8.05. The van der Waals surface area contributed by atoms with Crippen LogP contribution in [0.4, 0.5) is 5.69 Å². The van der Waals surface area contributed by atoms with Crippen LogP contribution in [0, 0.1) is 25.7 Å². The van der Waals surface area contributed by atoms with Crippen molar-refractivity contribution >= 4 is 11.6 Å². The molecule has 1 aromatic rings. The molecular formula is C17H28N2O. The fraction of sp³-hybridized carbons (Fsp3) is 0.588. The van der Waals surface area contributed by atoms with E-state index in [4.69, 9.17) is 5.73 Å². The van der Waals surface area contributed by atoms with Gasteiger partial charge < -0.3 is 11.1 Å². The van der Waals surface area contributed by atoms with E-state index in [1.54, 1.807) is 0 Å². The maximum atomic E-state index is 12.1. The smallest absolute Gasteiger partial charge is 0.224 e. The van der Waals surface area contributed by atoms with Crippen LogP contribution in [0.2, 0.25) is 0 Å². The third-order valence-electron chi connectivity index (χ3n) is 4.10. The number of anilines is 1. The van der Waals surface area contributed by atoms with Crippen LogP contribution >= 0.6 is 0 Å². The maximum absolute atomic E-state index is 12.1. The van der Waals surface area contributed by atoms with Crippen molar-refractivity contribution in [2.45, 2.75) is 47.0 Å². The minimum atomic E-state index is 0.0985. The Morgan fingerprint density at radius 1 is 1.25 bits per heavy atom. The number of aryl methyl sites for hydroxylation is 1. The first-order chi connectivity index (χ1) is 9.45. The van der Waals surface area contributed by atoms with E-state index in [0.29, 0.717) is 24.8 Å². The molecule has 0 radical (unpaired) electrons. The molecule has 0 fully saturated rings. The molecule has 0 aromatic heterocycles. The Kier molecular flexibility index (Phi) is 6.73. The summed E-state index contributed by atoms with van der Waals surface area (Å²) in [6.45, 7) is 9.19. The summed E-state index contributed by atoms with van der Waals surface area (Å²) in [6.07, 6.45) is 2.47. The molecule has 3 nitrogen and oxygen atoms in total. The van der Waals surface area contributed by atoms with Crippen molar-refractivity contribution in [3.63, 3.8) is 0 Å². The highest BCUT2D eigenvalue weighted by Crippen LogP contribution is 2.22. The molecule has 0 aliphatic heterocycles. The van der Waals surface area contributed by atoms with Gasteiger partial charge in [0, 0.05) is 12.1 Å². The lowest BCUT2D eigenvalue weighted by Gasteiger charge is -2.20. The van der Waals surface area contributed by atoms with E-state index < -0.39 is 0 Å². The van der Waals surface area contributed by atoms with Gasteiger partial charge in [-0.2, -0.15) is 0 Å². The maximum Gasteiger partial charge on any atom is 0.224 e. The highest BCUT2D eigenvalue weighted by atomic mass is 16.1. The van der Waals surface area contributed by atoms with Crippen LogP contribution in [0.25, 0.3) is 0 Å². The van der Waals surface area contributed by atoms with E-state index in [0.717, 1.165) is 24.1 Å². The predicted molar refractivity (Wildman–Crippen MR) is 85.8 cm³/mol. The van der Waals surface area contributed by atoms with E-state index in [1.807, 2.05) is 19.1 Å². The summed E-state index contributed by atoms with van der Waals surface area (Å²) < 4.78 is 0. The topological polar surface area (TPSA) is 55.1 Å². The van der Waals surface area contributed by atoms with Gasteiger partial charge in [0.25, 0.3) is 0 Å². The molecular weight excluding hydrogens is 248 g/mol. The Balaban J connectivity index is 2.53. The van der Waals surface area contributed by atoms with Crippen molar-refractivity contribution in [1.29, 1.82) is 0 Å². The van der Waals surface area contributed by atoms with Crippen LogP contribution in [-0.4, -0.2) is 12.5 Å². The molecule has 3 heteroatoms. The highest BCUT2D eigenvalue weighted by Gasteiger charge is 2.15. The lowest BCUT2D eigenvalue weighted by atomic mass is 9.88. The number of nitrogens with two attached hydrogens (primary N) is 1. The van der Waals surface area contributed by atoms with Crippen LogP contribution in [0.3, 0.4) is 0 Å². The van der Waals surface area contributed by atoms with E-state index >= 15 is 0 Å². The van der Waals surface area contributed by atoms with Crippen LogP contribution in [0.5, 0.6) is 0 Å². The van der Waals surface area contributed by atoms with Gasteiger partial charge in [0.15, 0.2) is 0 Å². The average molecular weight is 276 g/mol. The number of amides is 1. The molecule has 0 aliphatic carbocycles. The highest BCUT2D eigenvalue weighted by molar-refractivity contribution is 5.91. The van der Waals surface area contributed by atoms with Gasteiger partial charge >= 0.3 is 0 Å². The predicted octanol–water partition coefficient (Wildman–Crippen LogP) is 3.64. The molecule has 1 aromatic carbocycles. The number of rotatable bonds is 7. The van der Waals surface area contributed by atoms with Gasteiger partial charge in [0.1, 0.15) is 0 Å². The minimum Gasteiger partial charge on any atom is -0.330 e. The molecule has 3 N–H and O–H groups in total. The Bertz CT molecular complexity index is 441. The van der Waals surface area contributed by atoms with Gasteiger partial charge in [-0.15, -0.1) is 0 Å². The molecule has 1 rings (SSSR count). The zero-order valence-electron chi connectivity index (χ0n) is 13.2. The second-order valence-corrected chi connectivity index (χ2v) is 5.92. The summed E-state index contributed by atoms with van der Waals surface area (Å²) in [5.41, 5.74) is 8.90. The van der Waals surface area contributed by atoms with E-state index in [-0.39, 0.29) is 5.91 Å². The van der Waals surface area contributed by atoms with Crippen molar-refractivity contribution in [2.75, 3.05) is 11.9 Å². The normalized spacial score (nSPS) is 12.5. The standard InChI is InChI=1S/C17H28N2O/c1-12(2)15(10-11-18)8-9-17(20)19-16-7-5-6-13(3)14(16)4/h5-7,12,15H,8-11,18H2,1-4H3,(H,19,20). The monoisotopic (exact) mass is 276 g/mol. The van der Waals surface area contributed by atoms with Crippen LogP contribution in [-0.2, 0) is 4.79 Å². The van der Waals surface area contributed by atoms with E-state index in [9.17, 15) is 4.79 Å². The number of carbonyl (C=O) groups excluding carboxylic acids is 1. The quantitative estimate of drug-likeness (QED) is 0.798. The lowest BCUT2D eigenvalue weighted by Crippen LogP contribution is -2.18. The van der Waals surface area contributed by atoms with Gasteiger partial charge in [-0.3, -0.25) is 4.79 Å². The zero-order chi connectivity index (χ0) is 15.1. The summed E-state index contributed by atoms with van der Waals surface area (Å²) in [7, 11) is 0. The summed E-state index contributed by atoms with van der Waals surface area (Å²) in [4.78, 5) is 12.1. The van der Waals surface area contributed by atoms with Crippen LogP contribution < -0.4 is 11.1 Å². The molecule has 1 unspecified atom stereocenters. The van der Waals surface area contributed by atoms with E-state index in [1.165, 1.54) is 5.56 Å². The summed E-state index contributed by atoms with van der Waals surface area (Å²) in [5.74, 6) is 1.21. The van der Waals surface area contributed by atoms with Gasteiger partial charge in [0.2, 0.25) is 5.91 Å². The van der Waals surface area contributed by atoms with Crippen molar-refractivity contribution < 1.29 is 4.79 Å². The molecule has 0 saturated carbocycles. The SMILES string of the molecule is Cc1cccc(NC(=O)CCC(CCN)C(C)C)c1C. The summed E-state index contributed by atoms with van der Waals surface area (Å²) in [5, 5.41) is 3.02. The van der Waals surface area contributed by atoms with Gasteiger partial charge in [0.05, 0.1) is 0 Å². The largest absolute Gasteiger partial charge is 0.330 e. The Morgan fingerprint density at radius 3 is 2.55 bits per heavy atom. The number of carbonyl (C=O) groups is 1. The summed E-state index contributed by atoms with van der Waals surface area (Å²) in [6, 6.07) is 5.99. The van der Waals surface area contributed by atoms with Gasteiger partial charge in [-0.05, 0) is 62.3 Å². The van der Waals surface area contributed by atoms with Gasteiger partial charge in [-0.1, -0.05) is 26.0 Å². The number of hydrogen-bond donors (Lipinski definition) is 2. The first-order valence-corrected chi connectivity index (χ1v) is 7.51. The lowest BCUT2D eigenvalue weighted by molar-refractivity contribution is -0.116. The molecule has 112 valence electrons. The molecule has 0 aliphatic rings. The zero-order valence-corrected chi connectivity index (χ0v) is 13.2. The molecule has 1 amide bonds. The van der Waals surface area contributed by atoms with Crippen LogP contribution in [0.1, 0.15) is 44.2 Å². The van der Waals surface area contributed by atoms with E-state index in [2.05, 4.69) is 32.2 Å². The van der Waals surface area contributed by atoms with Crippen molar-refractivity contribution in [3.05, 3.63) is 29.3 Å². The second-order valence-electron chi connectivity index (χ2n) is 5.92. The first kappa shape index (κ1) is 16.7. The third-order valence-corrected chi connectivity index (χ3v) is 4.10.